The summed E-state index contributed by atoms with van der Waals surface area (Å²) in [5.74, 6) is 0.0681. The van der Waals surface area contributed by atoms with Gasteiger partial charge in [-0.2, -0.15) is 0 Å². The van der Waals surface area contributed by atoms with Gasteiger partial charge in [0.15, 0.2) is 0 Å². The predicted molar refractivity (Wildman–Crippen MR) is 72.4 cm³/mol. The molecule has 1 N–H and O–H groups in total. The SMILES string of the molecule is CC(CN1CNC(c2ccccc2)C1=O)S(C)=O. The molecule has 0 bridgehead atoms. The summed E-state index contributed by atoms with van der Waals surface area (Å²) >= 11 is 0. The third kappa shape index (κ3) is 2.79. The van der Waals surface area contributed by atoms with Crippen molar-refractivity contribution in [1.29, 1.82) is 0 Å². The van der Waals surface area contributed by atoms with Gasteiger partial charge in [0, 0.05) is 28.9 Å². The van der Waals surface area contributed by atoms with Crippen LogP contribution < -0.4 is 5.32 Å². The van der Waals surface area contributed by atoms with Crippen LogP contribution >= 0.6 is 0 Å². The third-order valence-electron chi connectivity index (χ3n) is 3.22. The van der Waals surface area contributed by atoms with E-state index in [1.807, 2.05) is 37.3 Å². The van der Waals surface area contributed by atoms with Crippen LogP contribution in [0, 0.1) is 0 Å². The maximum atomic E-state index is 12.2. The summed E-state index contributed by atoms with van der Waals surface area (Å²) in [6.07, 6.45) is 1.67. The van der Waals surface area contributed by atoms with Gasteiger partial charge in [0.25, 0.3) is 0 Å². The van der Waals surface area contributed by atoms with Crippen molar-refractivity contribution in [2.45, 2.75) is 18.2 Å². The van der Waals surface area contributed by atoms with Crippen LogP contribution in [0.15, 0.2) is 30.3 Å². The van der Waals surface area contributed by atoms with Gasteiger partial charge in [0.2, 0.25) is 5.91 Å². The van der Waals surface area contributed by atoms with E-state index >= 15 is 0 Å². The Morgan fingerprint density at radius 3 is 2.72 bits per heavy atom. The van der Waals surface area contributed by atoms with Crippen LogP contribution in [0.25, 0.3) is 0 Å². The summed E-state index contributed by atoms with van der Waals surface area (Å²) in [4.78, 5) is 14.0. The van der Waals surface area contributed by atoms with E-state index in [9.17, 15) is 9.00 Å². The molecule has 0 saturated carbocycles. The highest BCUT2D eigenvalue weighted by molar-refractivity contribution is 7.84. The predicted octanol–water partition coefficient (Wildman–Crippen LogP) is 0.884. The lowest BCUT2D eigenvalue weighted by molar-refractivity contribution is -0.129. The number of hydrogen-bond acceptors (Lipinski definition) is 3. The third-order valence-corrected chi connectivity index (χ3v) is 4.50. The lowest BCUT2D eigenvalue weighted by Gasteiger charge is -2.18. The Kier molecular flexibility index (Phi) is 4.14. The lowest BCUT2D eigenvalue weighted by Crippen LogP contribution is -2.35. The van der Waals surface area contributed by atoms with Crippen LogP contribution in [0.1, 0.15) is 18.5 Å². The molecule has 5 heteroatoms. The first-order chi connectivity index (χ1) is 8.59. The summed E-state index contributed by atoms with van der Waals surface area (Å²) in [7, 11) is -0.899. The fraction of sp³-hybridized carbons (Fsp3) is 0.462. The number of nitrogens with one attached hydrogen (secondary N) is 1. The highest BCUT2D eigenvalue weighted by atomic mass is 32.2. The lowest BCUT2D eigenvalue weighted by atomic mass is 10.1. The molecule has 1 fully saturated rings. The standard InChI is InChI=1S/C13H18N2O2S/c1-10(18(2)17)8-15-9-14-12(13(15)16)11-6-4-3-5-7-11/h3-7,10,12,14H,8-9H2,1-2H3. The Labute approximate surface area is 110 Å². The number of benzene rings is 1. The molecule has 1 aliphatic rings. The van der Waals surface area contributed by atoms with Gasteiger partial charge in [-0.15, -0.1) is 0 Å². The molecule has 1 saturated heterocycles. The van der Waals surface area contributed by atoms with Crippen molar-refractivity contribution >= 4 is 16.7 Å². The van der Waals surface area contributed by atoms with Gasteiger partial charge in [-0.05, 0) is 12.5 Å². The van der Waals surface area contributed by atoms with Crippen molar-refractivity contribution in [3.63, 3.8) is 0 Å². The highest BCUT2D eigenvalue weighted by Crippen LogP contribution is 2.20. The second kappa shape index (κ2) is 5.63. The number of amides is 1. The Bertz CT molecular complexity index is 450. The van der Waals surface area contributed by atoms with E-state index in [1.54, 1.807) is 11.2 Å². The summed E-state index contributed by atoms with van der Waals surface area (Å²) in [5, 5.41) is 3.20. The zero-order valence-electron chi connectivity index (χ0n) is 10.6. The Balaban J connectivity index is 2.04. The van der Waals surface area contributed by atoms with Gasteiger partial charge in [0.05, 0.1) is 6.67 Å². The van der Waals surface area contributed by atoms with E-state index in [0.717, 1.165) is 5.56 Å². The molecule has 1 aliphatic heterocycles. The minimum Gasteiger partial charge on any atom is -0.327 e. The molecule has 1 amide bonds. The molecule has 18 heavy (non-hydrogen) atoms. The van der Waals surface area contributed by atoms with Crippen LogP contribution in [-0.4, -0.2) is 39.7 Å². The highest BCUT2D eigenvalue weighted by Gasteiger charge is 2.32. The Morgan fingerprint density at radius 2 is 2.11 bits per heavy atom. The number of carbonyl (C=O) groups excluding carboxylic acids is 1. The molecule has 0 aromatic heterocycles. The van der Waals surface area contributed by atoms with Crippen molar-refractivity contribution in [2.24, 2.45) is 0 Å². The molecule has 0 aliphatic carbocycles. The minimum atomic E-state index is -0.899. The smallest absolute Gasteiger partial charge is 0.245 e. The fourth-order valence-electron chi connectivity index (χ4n) is 2.03. The average molecular weight is 266 g/mol. The molecular formula is C13H18N2O2S. The van der Waals surface area contributed by atoms with Gasteiger partial charge in [-0.25, -0.2) is 0 Å². The van der Waals surface area contributed by atoms with Crippen molar-refractivity contribution in [2.75, 3.05) is 19.5 Å². The molecule has 3 atom stereocenters. The maximum absolute atomic E-state index is 12.2. The molecule has 98 valence electrons. The van der Waals surface area contributed by atoms with E-state index < -0.39 is 10.8 Å². The summed E-state index contributed by atoms with van der Waals surface area (Å²) < 4.78 is 11.3. The zero-order valence-corrected chi connectivity index (χ0v) is 11.4. The average Bonchev–Trinajstić information content (AvgIpc) is 2.72. The second-order valence-corrected chi connectivity index (χ2v) is 6.38. The number of hydrogen-bond donors (Lipinski definition) is 1. The topological polar surface area (TPSA) is 49.4 Å². The molecule has 3 unspecified atom stereocenters. The largest absolute Gasteiger partial charge is 0.327 e. The van der Waals surface area contributed by atoms with Crippen LogP contribution in [-0.2, 0) is 15.6 Å². The second-order valence-electron chi connectivity index (χ2n) is 4.58. The van der Waals surface area contributed by atoms with E-state index in [0.29, 0.717) is 13.2 Å². The number of rotatable bonds is 4. The summed E-state index contributed by atoms with van der Waals surface area (Å²) in [6, 6.07) is 9.42. The minimum absolute atomic E-state index is 0.00488. The Morgan fingerprint density at radius 1 is 1.44 bits per heavy atom. The fourth-order valence-corrected chi connectivity index (χ4v) is 2.41. The first kappa shape index (κ1) is 13.2. The first-order valence-corrected chi connectivity index (χ1v) is 7.61. The first-order valence-electron chi connectivity index (χ1n) is 5.99. The van der Waals surface area contributed by atoms with Crippen molar-refractivity contribution < 1.29 is 9.00 Å². The number of carbonyl (C=O) groups is 1. The van der Waals surface area contributed by atoms with Gasteiger partial charge < -0.3 is 4.90 Å². The van der Waals surface area contributed by atoms with Crippen LogP contribution in [0.3, 0.4) is 0 Å². The van der Waals surface area contributed by atoms with Crippen molar-refractivity contribution in [1.82, 2.24) is 10.2 Å². The van der Waals surface area contributed by atoms with Crippen LogP contribution in [0.2, 0.25) is 0 Å². The van der Waals surface area contributed by atoms with E-state index in [2.05, 4.69) is 5.32 Å². The van der Waals surface area contributed by atoms with Gasteiger partial charge in [-0.3, -0.25) is 14.3 Å². The van der Waals surface area contributed by atoms with E-state index in [-0.39, 0.29) is 17.2 Å². The monoisotopic (exact) mass is 266 g/mol. The van der Waals surface area contributed by atoms with Gasteiger partial charge in [-0.1, -0.05) is 30.3 Å². The Hall–Kier alpha value is -1.20. The van der Waals surface area contributed by atoms with E-state index in [1.165, 1.54) is 0 Å². The van der Waals surface area contributed by atoms with Gasteiger partial charge >= 0.3 is 0 Å². The van der Waals surface area contributed by atoms with Crippen molar-refractivity contribution in [3.8, 4) is 0 Å². The molecule has 0 radical (unpaired) electrons. The number of nitrogens with zero attached hydrogens (tertiary/aromatic N) is 1. The molecule has 1 aromatic carbocycles. The molecule has 2 rings (SSSR count). The maximum Gasteiger partial charge on any atom is 0.245 e. The molecule has 0 spiro atoms. The molecule has 4 nitrogen and oxygen atoms in total. The normalized spacial score (nSPS) is 23.1. The summed E-state index contributed by atoms with van der Waals surface area (Å²) in [6.45, 7) is 2.97. The van der Waals surface area contributed by atoms with E-state index in [4.69, 9.17) is 0 Å². The van der Waals surface area contributed by atoms with Crippen LogP contribution in [0.4, 0.5) is 0 Å². The summed E-state index contributed by atoms with van der Waals surface area (Å²) in [5.41, 5.74) is 0.982. The molecule has 1 aromatic rings. The van der Waals surface area contributed by atoms with Crippen molar-refractivity contribution in [3.05, 3.63) is 35.9 Å². The van der Waals surface area contributed by atoms with Gasteiger partial charge in [0.1, 0.15) is 6.04 Å². The van der Waals surface area contributed by atoms with Crippen LogP contribution in [0.5, 0.6) is 0 Å². The quantitative estimate of drug-likeness (QED) is 0.880. The molecular weight excluding hydrogens is 248 g/mol. The molecule has 1 heterocycles. The zero-order chi connectivity index (χ0) is 13.1.